The van der Waals surface area contributed by atoms with Crippen LogP contribution in [0.5, 0.6) is 0 Å². The van der Waals surface area contributed by atoms with Crippen LogP contribution in [0.4, 0.5) is 0 Å². The minimum atomic E-state index is -0.0622. The van der Waals surface area contributed by atoms with Gasteiger partial charge >= 0.3 is 5.69 Å². The van der Waals surface area contributed by atoms with Crippen LogP contribution in [0.15, 0.2) is 9.95 Å². The van der Waals surface area contributed by atoms with Gasteiger partial charge in [-0.1, -0.05) is 11.8 Å². The molecule has 0 aliphatic heterocycles. The van der Waals surface area contributed by atoms with Crippen LogP contribution >= 0.6 is 11.8 Å². The van der Waals surface area contributed by atoms with Crippen LogP contribution in [-0.2, 0) is 0 Å². The molecule has 1 saturated carbocycles. The fourth-order valence-corrected chi connectivity index (χ4v) is 2.70. The van der Waals surface area contributed by atoms with Gasteiger partial charge in [-0.15, -0.1) is 5.10 Å². The van der Waals surface area contributed by atoms with Gasteiger partial charge < -0.3 is 5.32 Å². The second-order valence-electron chi connectivity index (χ2n) is 5.79. The second-order valence-corrected chi connectivity index (χ2v) is 6.85. The molecule has 0 aromatic carbocycles. The van der Waals surface area contributed by atoms with E-state index in [2.05, 4.69) is 36.3 Å². The molecule has 18 heavy (non-hydrogen) atoms. The van der Waals surface area contributed by atoms with Gasteiger partial charge in [-0.2, -0.15) is 0 Å². The zero-order chi connectivity index (χ0) is 13.2. The molecular weight excluding hydrogens is 248 g/mol. The first-order valence-corrected chi connectivity index (χ1v) is 7.51. The van der Waals surface area contributed by atoms with Crippen LogP contribution in [0.3, 0.4) is 0 Å². The largest absolute Gasteiger partial charge is 0.344 e. The van der Waals surface area contributed by atoms with Crippen molar-refractivity contribution in [2.75, 3.05) is 12.3 Å². The Balaban J connectivity index is 1.75. The molecule has 1 aliphatic carbocycles. The lowest BCUT2D eigenvalue weighted by Crippen LogP contribution is -2.36. The molecule has 102 valence electrons. The SMILES string of the molecule is CC(C)(C)NCCCSc1n[nH]c(=O)n1C1CC1. The Morgan fingerprint density at radius 1 is 1.50 bits per heavy atom. The van der Waals surface area contributed by atoms with Gasteiger partial charge in [-0.25, -0.2) is 9.89 Å². The average molecular weight is 270 g/mol. The molecule has 0 spiro atoms. The van der Waals surface area contributed by atoms with Crippen LogP contribution in [-0.4, -0.2) is 32.6 Å². The third kappa shape index (κ3) is 3.88. The van der Waals surface area contributed by atoms with Crippen molar-refractivity contribution in [3.05, 3.63) is 10.5 Å². The van der Waals surface area contributed by atoms with Crippen molar-refractivity contribution in [3.8, 4) is 0 Å². The molecule has 0 amide bonds. The van der Waals surface area contributed by atoms with Gasteiger partial charge in [0.05, 0.1) is 0 Å². The highest BCUT2D eigenvalue weighted by atomic mass is 32.2. The van der Waals surface area contributed by atoms with Crippen LogP contribution in [0.1, 0.15) is 46.1 Å². The van der Waals surface area contributed by atoms with E-state index in [1.54, 1.807) is 11.8 Å². The predicted octanol–water partition coefficient (Wildman–Crippen LogP) is 1.78. The number of aromatic nitrogens is 3. The van der Waals surface area contributed by atoms with E-state index in [9.17, 15) is 4.79 Å². The number of thioether (sulfide) groups is 1. The van der Waals surface area contributed by atoms with Crippen molar-refractivity contribution >= 4 is 11.8 Å². The van der Waals surface area contributed by atoms with Gasteiger partial charge in [0.1, 0.15) is 0 Å². The Kier molecular flexibility index (Phi) is 4.17. The minimum Gasteiger partial charge on any atom is -0.312 e. The number of hydrogen-bond acceptors (Lipinski definition) is 4. The molecule has 0 radical (unpaired) electrons. The molecule has 1 aliphatic rings. The van der Waals surface area contributed by atoms with E-state index in [0.717, 1.165) is 36.7 Å². The lowest BCUT2D eigenvalue weighted by molar-refractivity contribution is 0.427. The van der Waals surface area contributed by atoms with E-state index >= 15 is 0 Å². The fourth-order valence-electron chi connectivity index (χ4n) is 1.75. The van der Waals surface area contributed by atoms with Crippen LogP contribution in [0, 0.1) is 0 Å². The number of H-pyrrole nitrogens is 1. The molecule has 0 atom stereocenters. The molecule has 1 fully saturated rings. The van der Waals surface area contributed by atoms with Crippen molar-refractivity contribution in [1.82, 2.24) is 20.1 Å². The second kappa shape index (κ2) is 5.48. The molecule has 1 aromatic rings. The highest BCUT2D eigenvalue weighted by molar-refractivity contribution is 7.99. The van der Waals surface area contributed by atoms with Gasteiger partial charge in [0.25, 0.3) is 0 Å². The van der Waals surface area contributed by atoms with Gasteiger partial charge in [0, 0.05) is 17.3 Å². The molecule has 6 heteroatoms. The Hall–Kier alpha value is -0.750. The number of hydrogen-bond donors (Lipinski definition) is 2. The summed E-state index contributed by atoms with van der Waals surface area (Å²) in [5.74, 6) is 0.986. The minimum absolute atomic E-state index is 0.0622. The van der Waals surface area contributed by atoms with Crippen molar-refractivity contribution in [1.29, 1.82) is 0 Å². The summed E-state index contributed by atoms with van der Waals surface area (Å²) < 4.78 is 1.81. The van der Waals surface area contributed by atoms with Crippen molar-refractivity contribution in [2.24, 2.45) is 0 Å². The fraction of sp³-hybridized carbons (Fsp3) is 0.833. The van der Waals surface area contributed by atoms with Crippen LogP contribution < -0.4 is 11.0 Å². The van der Waals surface area contributed by atoms with Crippen LogP contribution in [0.2, 0.25) is 0 Å². The molecule has 0 unspecified atom stereocenters. The van der Waals surface area contributed by atoms with Crippen molar-refractivity contribution in [2.45, 2.75) is 56.8 Å². The van der Waals surface area contributed by atoms with Gasteiger partial charge in [-0.05, 0) is 46.6 Å². The first-order chi connectivity index (χ1) is 8.47. The Bertz CT molecular complexity index is 442. The number of nitrogens with zero attached hydrogens (tertiary/aromatic N) is 2. The monoisotopic (exact) mass is 270 g/mol. The van der Waals surface area contributed by atoms with E-state index in [1.807, 2.05) is 4.57 Å². The van der Waals surface area contributed by atoms with E-state index in [4.69, 9.17) is 0 Å². The molecule has 0 bridgehead atoms. The van der Waals surface area contributed by atoms with E-state index in [-0.39, 0.29) is 11.2 Å². The lowest BCUT2D eigenvalue weighted by Gasteiger charge is -2.20. The molecule has 2 rings (SSSR count). The van der Waals surface area contributed by atoms with Crippen LogP contribution in [0.25, 0.3) is 0 Å². The normalized spacial score (nSPS) is 16.2. The highest BCUT2D eigenvalue weighted by Gasteiger charge is 2.28. The third-order valence-corrected chi connectivity index (χ3v) is 3.83. The maximum atomic E-state index is 11.6. The van der Waals surface area contributed by atoms with E-state index < -0.39 is 0 Å². The Morgan fingerprint density at radius 3 is 2.83 bits per heavy atom. The predicted molar refractivity (Wildman–Crippen MR) is 74.2 cm³/mol. The first-order valence-electron chi connectivity index (χ1n) is 6.52. The van der Waals surface area contributed by atoms with Gasteiger partial charge in [-0.3, -0.25) is 4.57 Å². The summed E-state index contributed by atoms with van der Waals surface area (Å²) in [4.78, 5) is 11.6. The van der Waals surface area contributed by atoms with Crippen molar-refractivity contribution in [3.63, 3.8) is 0 Å². The molecule has 2 N–H and O–H groups in total. The highest BCUT2D eigenvalue weighted by Crippen LogP contribution is 2.36. The maximum absolute atomic E-state index is 11.6. The number of nitrogens with one attached hydrogen (secondary N) is 2. The van der Waals surface area contributed by atoms with Gasteiger partial charge in [0.15, 0.2) is 5.16 Å². The summed E-state index contributed by atoms with van der Waals surface area (Å²) in [6, 6.07) is 0.395. The Morgan fingerprint density at radius 2 is 2.22 bits per heavy atom. The Labute approximate surface area is 112 Å². The molecule has 1 heterocycles. The third-order valence-electron chi connectivity index (χ3n) is 2.79. The molecular formula is C12H22N4OS. The molecule has 0 saturated heterocycles. The number of rotatable bonds is 6. The molecule has 5 nitrogen and oxygen atoms in total. The molecule has 1 aromatic heterocycles. The first kappa shape index (κ1) is 13.7. The maximum Gasteiger partial charge on any atom is 0.344 e. The summed E-state index contributed by atoms with van der Waals surface area (Å²) >= 11 is 1.67. The van der Waals surface area contributed by atoms with Gasteiger partial charge in [0.2, 0.25) is 0 Å². The quantitative estimate of drug-likeness (QED) is 0.611. The summed E-state index contributed by atoms with van der Waals surface area (Å²) in [5, 5.41) is 10.9. The smallest absolute Gasteiger partial charge is 0.312 e. The van der Waals surface area contributed by atoms with E-state index in [1.165, 1.54) is 0 Å². The zero-order valence-corrected chi connectivity index (χ0v) is 12.1. The average Bonchev–Trinajstić information content (AvgIpc) is 3.02. The number of aromatic amines is 1. The summed E-state index contributed by atoms with van der Waals surface area (Å²) in [6.07, 6.45) is 3.30. The summed E-state index contributed by atoms with van der Waals surface area (Å²) in [7, 11) is 0. The van der Waals surface area contributed by atoms with E-state index in [0.29, 0.717) is 6.04 Å². The zero-order valence-electron chi connectivity index (χ0n) is 11.3. The topological polar surface area (TPSA) is 62.7 Å². The summed E-state index contributed by atoms with van der Waals surface area (Å²) in [6.45, 7) is 7.49. The lowest BCUT2D eigenvalue weighted by atomic mass is 10.1. The van der Waals surface area contributed by atoms with Crippen molar-refractivity contribution < 1.29 is 0 Å². The standard InChI is InChI=1S/C12H22N4OS/c1-12(2,3)13-7-4-8-18-11-15-14-10(17)16(11)9-5-6-9/h9,13H,4-8H2,1-3H3,(H,14,17). The summed E-state index contributed by atoms with van der Waals surface area (Å²) in [5.41, 5.74) is 0.112.